The molecule has 0 saturated carbocycles. The summed E-state index contributed by atoms with van der Waals surface area (Å²) in [4.78, 5) is 11.1. The molecule has 0 spiro atoms. The van der Waals surface area contributed by atoms with Gasteiger partial charge in [0.2, 0.25) is 5.91 Å². The summed E-state index contributed by atoms with van der Waals surface area (Å²) in [6, 6.07) is 7.90. The fourth-order valence-corrected chi connectivity index (χ4v) is 2.71. The number of nitrogens with one attached hydrogen (secondary N) is 2. The third-order valence-electron chi connectivity index (χ3n) is 3.85. The van der Waals surface area contributed by atoms with E-state index in [1.165, 1.54) is 18.2 Å². The number of carbonyl (C=O) groups is 1. The van der Waals surface area contributed by atoms with Gasteiger partial charge in [-0.2, -0.15) is 5.10 Å². The van der Waals surface area contributed by atoms with Crippen molar-refractivity contribution in [3.63, 3.8) is 0 Å². The largest absolute Gasteiger partial charge is 0.326 e. The van der Waals surface area contributed by atoms with Gasteiger partial charge in [-0.1, -0.05) is 19.1 Å². The van der Waals surface area contributed by atoms with Gasteiger partial charge in [-0.25, -0.2) is 0 Å². The number of benzene rings is 1. The predicted molar refractivity (Wildman–Crippen MR) is 93.3 cm³/mol. The average Bonchev–Trinajstić information content (AvgIpc) is 2.75. The van der Waals surface area contributed by atoms with Crippen molar-refractivity contribution in [2.45, 2.75) is 53.8 Å². The predicted octanol–water partition coefficient (Wildman–Crippen LogP) is 3.16. The van der Waals surface area contributed by atoms with E-state index >= 15 is 0 Å². The van der Waals surface area contributed by atoms with Crippen molar-refractivity contribution < 1.29 is 4.79 Å². The molecule has 2 N–H and O–H groups in total. The molecule has 0 aliphatic rings. The first-order valence-electron chi connectivity index (χ1n) is 8.11. The molecule has 1 aromatic carbocycles. The first-order chi connectivity index (χ1) is 11.0. The van der Waals surface area contributed by atoms with Crippen LogP contribution < -0.4 is 10.6 Å². The van der Waals surface area contributed by atoms with Crippen molar-refractivity contribution in [1.29, 1.82) is 0 Å². The van der Waals surface area contributed by atoms with Crippen LogP contribution in [0.5, 0.6) is 0 Å². The van der Waals surface area contributed by atoms with E-state index in [-0.39, 0.29) is 5.91 Å². The molecule has 0 unspecified atom stereocenters. The Bertz CT molecular complexity index is 676. The number of anilines is 1. The Labute approximate surface area is 138 Å². The number of amides is 1. The van der Waals surface area contributed by atoms with E-state index in [9.17, 15) is 4.79 Å². The van der Waals surface area contributed by atoms with Crippen molar-refractivity contribution in [3.05, 3.63) is 46.8 Å². The molecule has 0 aliphatic carbocycles. The second-order valence-electron chi connectivity index (χ2n) is 5.86. The first kappa shape index (κ1) is 17.2. The SMILES string of the molecule is CCCn1nc(C)c(CNCc2cccc(NC(C)=O)c2)c1C. The standard InChI is InChI=1S/C18H26N4O/c1-5-9-22-14(3)18(13(2)21-22)12-19-11-16-7-6-8-17(10-16)20-15(4)23/h6-8,10,19H,5,9,11-12H2,1-4H3,(H,20,23). The lowest BCUT2D eigenvalue weighted by atomic mass is 10.1. The lowest BCUT2D eigenvalue weighted by Gasteiger charge is -2.08. The summed E-state index contributed by atoms with van der Waals surface area (Å²) in [7, 11) is 0. The van der Waals surface area contributed by atoms with Crippen molar-refractivity contribution in [3.8, 4) is 0 Å². The van der Waals surface area contributed by atoms with Crippen LogP contribution in [-0.4, -0.2) is 15.7 Å². The summed E-state index contributed by atoms with van der Waals surface area (Å²) < 4.78 is 2.09. The van der Waals surface area contributed by atoms with Crippen molar-refractivity contribution in [2.24, 2.45) is 0 Å². The highest BCUT2D eigenvalue weighted by Gasteiger charge is 2.10. The fourth-order valence-electron chi connectivity index (χ4n) is 2.71. The Kier molecular flexibility index (Phi) is 5.93. The number of nitrogens with zero attached hydrogens (tertiary/aromatic N) is 2. The highest BCUT2D eigenvalue weighted by molar-refractivity contribution is 5.88. The number of hydrogen-bond donors (Lipinski definition) is 2. The maximum atomic E-state index is 11.1. The minimum absolute atomic E-state index is 0.0512. The molecule has 1 heterocycles. The van der Waals surface area contributed by atoms with Gasteiger partial charge in [0.05, 0.1) is 5.69 Å². The van der Waals surface area contributed by atoms with E-state index in [1.54, 1.807) is 0 Å². The monoisotopic (exact) mass is 314 g/mol. The van der Waals surface area contributed by atoms with Crippen LogP contribution in [0.15, 0.2) is 24.3 Å². The van der Waals surface area contributed by atoms with E-state index in [4.69, 9.17) is 0 Å². The number of aromatic nitrogens is 2. The molecule has 5 nitrogen and oxygen atoms in total. The van der Waals surface area contributed by atoms with Gasteiger partial charge in [-0.15, -0.1) is 0 Å². The molecule has 2 aromatic rings. The van der Waals surface area contributed by atoms with Crippen molar-refractivity contribution in [2.75, 3.05) is 5.32 Å². The first-order valence-corrected chi connectivity index (χ1v) is 8.11. The quantitative estimate of drug-likeness (QED) is 0.825. The number of carbonyl (C=O) groups excluding carboxylic acids is 1. The summed E-state index contributed by atoms with van der Waals surface area (Å²) in [5, 5.41) is 10.9. The molecule has 2 rings (SSSR count). The lowest BCUT2D eigenvalue weighted by molar-refractivity contribution is -0.114. The van der Waals surface area contributed by atoms with E-state index in [0.29, 0.717) is 0 Å². The zero-order valence-corrected chi connectivity index (χ0v) is 14.4. The van der Waals surface area contributed by atoms with Gasteiger partial charge in [0, 0.05) is 43.5 Å². The third-order valence-corrected chi connectivity index (χ3v) is 3.85. The minimum Gasteiger partial charge on any atom is -0.326 e. The van der Waals surface area contributed by atoms with Crippen LogP contribution in [0.1, 0.15) is 42.8 Å². The van der Waals surface area contributed by atoms with Gasteiger partial charge >= 0.3 is 0 Å². The average molecular weight is 314 g/mol. The fraction of sp³-hybridized carbons (Fsp3) is 0.444. The Morgan fingerprint density at radius 2 is 2.04 bits per heavy atom. The Balaban J connectivity index is 1.96. The van der Waals surface area contributed by atoms with Gasteiger partial charge < -0.3 is 10.6 Å². The van der Waals surface area contributed by atoms with Crippen LogP contribution in [-0.2, 0) is 24.4 Å². The molecule has 1 amide bonds. The maximum absolute atomic E-state index is 11.1. The molecule has 1 aromatic heterocycles. The van der Waals surface area contributed by atoms with Crippen LogP contribution in [0.25, 0.3) is 0 Å². The van der Waals surface area contributed by atoms with Gasteiger partial charge in [-0.05, 0) is 38.0 Å². The summed E-state index contributed by atoms with van der Waals surface area (Å²) in [5.74, 6) is -0.0512. The zero-order valence-electron chi connectivity index (χ0n) is 14.4. The molecule has 0 radical (unpaired) electrons. The van der Waals surface area contributed by atoms with E-state index in [0.717, 1.165) is 43.0 Å². The Morgan fingerprint density at radius 1 is 1.26 bits per heavy atom. The maximum Gasteiger partial charge on any atom is 0.221 e. The molecule has 0 saturated heterocycles. The summed E-state index contributed by atoms with van der Waals surface area (Å²) >= 11 is 0. The van der Waals surface area contributed by atoms with Gasteiger partial charge in [0.25, 0.3) is 0 Å². The van der Waals surface area contributed by atoms with Gasteiger partial charge in [-0.3, -0.25) is 9.48 Å². The number of hydrogen-bond acceptors (Lipinski definition) is 3. The second-order valence-corrected chi connectivity index (χ2v) is 5.86. The number of rotatable bonds is 7. The highest BCUT2D eigenvalue weighted by Crippen LogP contribution is 2.14. The molecule has 124 valence electrons. The van der Waals surface area contributed by atoms with Crippen LogP contribution >= 0.6 is 0 Å². The van der Waals surface area contributed by atoms with E-state index in [1.807, 2.05) is 18.2 Å². The second kappa shape index (κ2) is 7.92. The smallest absolute Gasteiger partial charge is 0.221 e. The van der Waals surface area contributed by atoms with Crippen LogP contribution in [0, 0.1) is 13.8 Å². The van der Waals surface area contributed by atoms with Crippen LogP contribution in [0.4, 0.5) is 5.69 Å². The third kappa shape index (κ3) is 4.66. The molecule has 0 aliphatic heterocycles. The van der Waals surface area contributed by atoms with Gasteiger partial charge in [0.1, 0.15) is 0 Å². The van der Waals surface area contributed by atoms with Crippen molar-refractivity contribution >= 4 is 11.6 Å². The normalized spacial score (nSPS) is 10.8. The lowest BCUT2D eigenvalue weighted by Crippen LogP contribution is -2.14. The number of aryl methyl sites for hydroxylation is 2. The molecule has 0 atom stereocenters. The Hall–Kier alpha value is -2.14. The zero-order chi connectivity index (χ0) is 16.8. The van der Waals surface area contributed by atoms with E-state index < -0.39 is 0 Å². The minimum atomic E-state index is -0.0512. The summed E-state index contributed by atoms with van der Waals surface area (Å²) in [6.07, 6.45) is 1.09. The molecule has 5 heteroatoms. The summed E-state index contributed by atoms with van der Waals surface area (Å²) in [6.45, 7) is 10.4. The van der Waals surface area contributed by atoms with Crippen LogP contribution in [0.3, 0.4) is 0 Å². The molecule has 0 fully saturated rings. The molecule has 0 bridgehead atoms. The Morgan fingerprint density at radius 3 is 2.74 bits per heavy atom. The highest BCUT2D eigenvalue weighted by atomic mass is 16.1. The van der Waals surface area contributed by atoms with Gasteiger partial charge in [0.15, 0.2) is 0 Å². The van der Waals surface area contributed by atoms with Crippen molar-refractivity contribution in [1.82, 2.24) is 15.1 Å². The topological polar surface area (TPSA) is 59.0 Å². The van der Waals surface area contributed by atoms with E-state index in [2.05, 4.69) is 47.3 Å². The molecular weight excluding hydrogens is 288 g/mol. The molecular formula is C18H26N4O. The summed E-state index contributed by atoms with van der Waals surface area (Å²) in [5.41, 5.74) is 5.59. The molecule has 23 heavy (non-hydrogen) atoms. The van der Waals surface area contributed by atoms with Crippen LogP contribution in [0.2, 0.25) is 0 Å².